The topological polar surface area (TPSA) is 35.5 Å². The van der Waals surface area contributed by atoms with Crippen molar-refractivity contribution in [3.05, 3.63) is 71.9 Å². The van der Waals surface area contributed by atoms with E-state index in [0.717, 1.165) is 49.3 Å². The van der Waals surface area contributed by atoms with Crippen molar-refractivity contribution in [2.75, 3.05) is 47.9 Å². The molecule has 0 unspecified atom stereocenters. The van der Waals surface area contributed by atoms with Crippen LogP contribution in [0, 0.1) is 13.8 Å². The van der Waals surface area contributed by atoms with E-state index in [0.29, 0.717) is 0 Å². The van der Waals surface area contributed by atoms with Gasteiger partial charge in [-0.05, 0) is 43.7 Å². The fourth-order valence-corrected chi connectivity index (χ4v) is 3.62. The van der Waals surface area contributed by atoms with Gasteiger partial charge >= 0.3 is 0 Å². The third-order valence-electron chi connectivity index (χ3n) is 5.25. The number of benzene rings is 2. The second-order valence-corrected chi connectivity index (χ2v) is 7.38. The van der Waals surface area contributed by atoms with E-state index in [1.165, 1.54) is 11.3 Å². The SMILES string of the molecule is Cc1cccc(N2CCN(c3nc(C)cc(N(C)c4ccccc4)n3)CC2)c1. The van der Waals surface area contributed by atoms with E-state index in [1.54, 1.807) is 0 Å². The highest BCUT2D eigenvalue weighted by Gasteiger charge is 2.20. The van der Waals surface area contributed by atoms with Crippen molar-refractivity contribution in [3.8, 4) is 0 Å². The number of rotatable bonds is 4. The number of anilines is 4. The average molecular weight is 374 g/mol. The molecule has 0 spiro atoms. The lowest BCUT2D eigenvalue weighted by Gasteiger charge is -2.36. The Bertz CT molecular complexity index is 933. The summed E-state index contributed by atoms with van der Waals surface area (Å²) in [5.41, 5.74) is 4.71. The van der Waals surface area contributed by atoms with Gasteiger partial charge in [-0.1, -0.05) is 30.3 Å². The van der Waals surface area contributed by atoms with Crippen LogP contribution in [0.2, 0.25) is 0 Å². The summed E-state index contributed by atoms with van der Waals surface area (Å²) in [4.78, 5) is 16.4. The van der Waals surface area contributed by atoms with Crippen LogP contribution < -0.4 is 14.7 Å². The number of hydrogen-bond acceptors (Lipinski definition) is 5. The monoisotopic (exact) mass is 373 g/mol. The molecule has 1 aliphatic heterocycles. The minimum absolute atomic E-state index is 0.821. The first kappa shape index (κ1) is 18.3. The molecule has 1 aliphatic rings. The van der Waals surface area contributed by atoms with Gasteiger partial charge in [-0.2, -0.15) is 4.98 Å². The third kappa shape index (κ3) is 3.93. The van der Waals surface area contributed by atoms with Crippen molar-refractivity contribution in [3.63, 3.8) is 0 Å². The number of hydrogen-bond donors (Lipinski definition) is 0. The van der Waals surface area contributed by atoms with Crippen molar-refractivity contribution < 1.29 is 0 Å². The lowest BCUT2D eigenvalue weighted by atomic mass is 10.2. The van der Waals surface area contributed by atoms with Crippen LogP contribution in [0.15, 0.2) is 60.7 Å². The van der Waals surface area contributed by atoms with Crippen LogP contribution in [-0.4, -0.2) is 43.2 Å². The summed E-state index contributed by atoms with van der Waals surface area (Å²) in [6, 6.07) is 21.1. The molecule has 144 valence electrons. The molecule has 2 aromatic carbocycles. The second-order valence-electron chi connectivity index (χ2n) is 7.38. The Balaban J connectivity index is 1.50. The van der Waals surface area contributed by atoms with Crippen LogP contribution in [0.25, 0.3) is 0 Å². The molecule has 0 radical (unpaired) electrons. The fraction of sp³-hybridized carbons (Fsp3) is 0.304. The fourth-order valence-electron chi connectivity index (χ4n) is 3.62. The van der Waals surface area contributed by atoms with Crippen molar-refractivity contribution in [1.29, 1.82) is 0 Å². The van der Waals surface area contributed by atoms with Crippen LogP contribution in [-0.2, 0) is 0 Å². The Labute approximate surface area is 167 Å². The molecule has 1 aromatic heterocycles. The molecule has 0 saturated carbocycles. The average Bonchev–Trinajstić information content (AvgIpc) is 2.73. The number of para-hydroxylation sites is 1. The molecule has 5 nitrogen and oxygen atoms in total. The van der Waals surface area contributed by atoms with Crippen molar-refractivity contribution in [2.24, 2.45) is 0 Å². The Morgan fingerprint density at radius 1 is 0.786 bits per heavy atom. The Morgan fingerprint density at radius 3 is 2.21 bits per heavy atom. The Hall–Kier alpha value is -3.08. The summed E-state index contributed by atoms with van der Waals surface area (Å²) in [5.74, 6) is 1.75. The van der Waals surface area contributed by atoms with E-state index in [2.05, 4.69) is 65.1 Å². The summed E-state index contributed by atoms with van der Waals surface area (Å²) in [6.07, 6.45) is 0. The zero-order valence-corrected chi connectivity index (χ0v) is 16.8. The summed E-state index contributed by atoms with van der Waals surface area (Å²) in [7, 11) is 2.05. The third-order valence-corrected chi connectivity index (χ3v) is 5.25. The number of nitrogens with zero attached hydrogens (tertiary/aromatic N) is 5. The van der Waals surface area contributed by atoms with Gasteiger partial charge in [0.1, 0.15) is 5.82 Å². The molecule has 0 aliphatic carbocycles. The molecule has 0 atom stereocenters. The van der Waals surface area contributed by atoms with Gasteiger partial charge in [0.15, 0.2) is 0 Å². The van der Waals surface area contributed by atoms with Crippen LogP contribution in [0.1, 0.15) is 11.3 Å². The first-order valence-electron chi connectivity index (χ1n) is 9.81. The number of aromatic nitrogens is 2. The zero-order chi connectivity index (χ0) is 19.5. The molecule has 1 fully saturated rings. The summed E-state index contributed by atoms with van der Waals surface area (Å²) in [6.45, 7) is 7.98. The van der Waals surface area contributed by atoms with Gasteiger partial charge in [0.2, 0.25) is 5.95 Å². The van der Waals surface area contributed by atoms with E-state index < -0.39 is 0 Å². The van der Waals surface area contributed by atoms with Crippen molar-refractivity contribution in [2.45, 2.75) is 13.8 Å². The van der Waals surface area contributed by atoms with Crippen molar-refractivity contribution >= 4 is 23.1 Å². The lowest BCUT2D eigenvalue weighted by Crippen LogP contribution is -2.47. The number of aryl methyl sites for hydroxylation is 2. The minimum atomic E-state index is 0.821. The second kappa shape index (κ2) is 7.89. The lowest BCUT2D eigenvalue weighted by molar-refractivity contribution is 0.639. The van der Waals surface area contributed by atoms with E-state index >= 15 is 0 Å². The standard InChI is InChI=1S/C23H27N5/c1-18-8-7-11-21(16-18)27-12-14-28(15-13-27)23-24-19(2)17-22(25-23)26(3)20-9-5-4-6-10-20/h4-11,16-17H,12-15H2,1-3H3. The van der Waals surface area contributed by atoms with Gasteiger partial charge in [-0.25, -0.2) is 4.98 Å². The molecular formula is C23H27N5. The van der Waals surface area contributed by atoms with Gasteiger partial charge in [0.05, 0.1) is 0 Å². The normalized spacial score (nSPS) is 14.2. The summed E-state index contributed by atoms with van der Waals surface area (Å²) < 4.78 is 0. The maximum atomic E-state index is 4.87. The Morgan fingerprint density at radius 2 is 1.50 bits per heavy atom. The van der Waals surface area contributed by atoms with Crippen molar-refractivity contribution in [1.82, 2.24) is 9.97 Å². The molecule has 1 saturated heterocycles. The molecule has 4 rings (SSSR count). The van der Waals surface area contributed by atoms with Gasteiger partial charge < -0.3 is 14.7 Å². The van der Waals surface area contributed by atoms with Crippen LogP contribution in [0.4, 0.5) is 23.1 Å². The predicted octanol–water partition coefficient (Wildman–Crippen LogP) is 4.19. The predicted molar refractivity (Wildman–Crippen MR) is 117 cm³/mol. The van der Waals surface area contributed by atoms with Crippen LogP contribution in [0.5, 0.6) is 0 Å². The summed E-state index contributed by atoms with van der Waals surface area (Å²) in [5, 5.41) is 0. The molecule has 0 bridgehead atoms. The van der Waals surface area contributed by atoms with E-state index in [1.807, 2.05) is 31.2 Å². The first-order valence-corrected chi connectivity index (χ1v) is 9.81. The Kier molecular flexibility index (Phi) is 5.15. The smallest absolute Gasteiger partial charge is 0.227 e. The highest BCUT2D eigenvalue weighted by Crippen LogP contribution is 2.25. The molecule has 0 amide bonds. The zero-order valence-electron chi connectivity index (χ0n) is 16.8. The summed E-state index contributed by atoms with van der Waals surface area (Å²) >= 11 is 0. The molecule has 28 heavy (non-hydrogen) atoms. The van der Waals surface area contributed by atoms with Gasteiger partial charge in [0, 0.05) is 56.4 Å². The molecule has 3 aromatic rings. The molecular weight excluding hydrogens is 346 g/mol. The molecule has 2 heterocycles. The van der Waals surface area contributed by atoms with Gasteiger partial charge in [-0.15, -0.1) is 0 Å². The largest absolute Gasteiger partial charge is 0.368 e. The van der Waals surface area contributed by atoms with Crippen LogP contribution >= 0.6 is 0 Å². The van der Waals surface area contributed by atoms with E-state index in [-0.39, 0.29) is 0 Å². The minimum Gasteiger partial charge on any atom is -0.368 e. The number of piperazine rings is 1. The highest BCUT2D eigenvalue weighted by molar-refractivity contribution is 5.60. The van der Waals surface area contributed by atoms with E-state index in [4.69, 9.17) is 9.97 Å². The highest BCUT2D eigenvalue weighted by atomic mass is 15.3. The quantitative estimate of drug-likeness (QED) is 0.685. The maximum Gasteiger partial charge on any atom is 0.227 e. The van der Waals surface area contributed by atoms with Gasteiger partial charge in [0.25, 0.3) is 0 Å². The molecule has 5 heteroatoms. The van der Waals surface area contributed by atoms with Crippen LogP contribution in [0.3, 0.4) is 0 Å². The van der Waals surface area contributed by atoms with Gasteiger partial charge in [-0.3, -0.25) is 0 Å². The first-order chi connectivity index (χ1) is 13.6. The maximum absolute atomic E-state index is 4.87. The molecule has 0 N–H and O–H groups in total. The van der Waals surface area contributed by atoms with E-state index in [9.17, 15) is 0 Å².